The molecule has 0 aliphatic rings. The molecule has 0 saturated carbocycles. The number of nitrogens with one attached hydrogen (secondary N) is 1. The Morgan fingerprint density at radius 2 is 1.95 bits per heavy atom. The van der Waals surface area contributed by atoms with Gasteiger partial charge in [0.2, 0.25) is 0 Å². The van der Waals surface area contributed by atoms with E-state index < -0.39 is 0 Å². The summed E-state index contributed by atoms with van der Waals surface area (Å²) in [5.74, 6) is 0. The van der Waals surface area contributed by atoms with Crippen LogP contribution in [0.1, 0.15) is 5.56 Å². The average molecular weight is 304 g/mol. The topological polar surface area (TPSA) is 27.6 Å². The zero-order valence-corrected chi connectivity index (χ0v) is 12.5. The number of benzene rings is 2. The molecule has 0 aromatic heterocycles. The second kappa shape index (κ2) is 7.03. The van der Waals surface area contributed by atoms with Gasteiger partial charge in [0.25, 0.3) is 0 Å². The highest BCUT2D eigenvalue weighted by atomic mass is 35.5. The van der Waals surface area contributed by atoms with Crippen molar-refractivity contribution in [3.8, 4) is 0 Å². The first-order chi connectivity index (χ1) is 9.65. The van der Waals surface area contributed by atoms with Crippen LogP contribution in [0.25, 0.3) is 0 Å². The number of halogens is 1. The molecule has 102 valence electrons. The normalized spacial score (nSPS) is 10.5. The lowest BCUT2D eigenvalue weighted by atomic mass is 10.2. The zero-order chi connectivity index (χ0) is 14.4. The molecule has 20 heavy (non-hydrogen) atoms. The van der Waals surface area contributed by atoms with E-state index in [-0.39, 0.29) is 0 Å². The van der Waals surface area contributed by atoms with Gasteiger partial charge in [-0.1, -0.05) is 41.9 Å². The summed E-state index contributed by atoms with van der Waals surface area (Å²) in [4.78, 5) is 0. The molecule has 0 saturated heterocycles. The molecule has 1 N–H and O–H groups in total. The summed E-state index contributed by atoms with van der Waals surface area (Å²) in [7, 11) is 1.79. The van der Waals surface area contributed by atoms with E-state index in [0.29, 0.717) is 10.1 Å². The predicted molar refractivity (Wildman–Crippen MR) is 89.5 cm³/mol. The van der Waals surface area contributed by atoms with Crippen molar-refractivity contribution >= 4 is 40.8 Å². The maximum Gasteiger partial charge on any atom is 0.193 e. The highest BCUT2D eigenvalue weighted by molar-refractivity contribution is 7.80. The van der Waals surface area contributed by atoms with Crippen LogP contribution in [-0.4, -0.2) is 23.4 Å². The van der Waals surface area contributed by atoms with Crippen LogP contribution in [0.5, 0.6) is 0 Å². The summed E-state index contributed by atoms with van der Waals surface area (Å²) in [5.41, 5.74) is 1.86. The maximum atomic E-state index is 5.92. The van der Waals surface area contributed by atoms with E-state index in [9.17, 15) is 0 Å². The number of hydrogen-bond donors (Lipinski definition) is 1. The summed E-state index contributed by atoms with van der Waals surface area (Å²) in [5, 5.41) is 10.2. The Kier molecular flexibility index (Phi) is 5.09. The molecule has 2 aromatic carbocycles. The predicted octanol–water partition coefficient (Wildman–Crippen LogP) is 4.00. The second-order valence-corrected chi connectivity index (χ2v) is 4.94. The Hall–Kier alpha value is -1.91. The minimum atomic E-state index is 0.523. The van der Waals surface area contributed by atoms with E-state index in [1.165, 1.54) is 0 Å². The van der Waals surface area contributed by atoms with Crippen molar-refractivity contribution in [3.63, 3.8) is 0 Å². The van der Waals surface area contributed by atoms with Crippen LogP contribution >= 0.6 is 23.8 Å². The number of hydrogen-bond acceptors (Lipinski definition) is 2. The molecule has 0 heterocycles. The summed E-state index contributed by atoms with van der Waals surface area (Å²) in [6.45, 7) is 0. The van der Waals surface area contributed by atoms with Crippen LogP contribution in [0.3, 0.4) is 0 Å². The molecular formula is C15H14ClN3S. The lowest BCUT2D eigenvalue weighted by molar-refractivity contribution is 0.557. The fourth-order valence-electron chi connectivity index (χ4n) is 1.52. The molecule has 3 nitrogen and oxygen atoms in total. The summed E-state index contributed by atoms with van der Waals surface area (Å²) >= 11 is 11.2. The first kappa shape index (κ1) is 14.5. The van der Waals surface area contributed by atoms with Crippen molar-refractivity contribution in [3.05, 3.63) is 65.2 Å². The first-order valence-corrected chi connectivity index (χ1v) is 6.83. The number of hydrazone groups is 1. The van der Waals surface area contributed by atoms with Crippen LogP contribution in [0.2, 0.25) is 5.02 Å². The Labute approximate surface area is 128 Å². The fraction of sp³-hybridized carbons (Fsp3) is 0.0667. The van der Waals surface area contributed by atoms with E-state index in [1.54, 1.807) is 18.3 Å². The highest BCUT2D eigenvalue weighted by Gasteiger charge is 2.01. The van der Waals surface area contributed by atoms with Crippen LogP contribution in [0.4, 0.5) is 5.69 Å². The number of anilines is 1. The maximum absolute atomic E-state index is 5.92. The van der Waals surface area contributed by atoms with E-state index >= 15 is 0 Å². The van der Waals surface area contributed by atoms with Gasteiger partial charge in [0.1, 0.15) is 0 Å². The van der Waals surface area contributed by atoms with Crippen LogP contribution < -0.4 is 5.32 Å². The third-order valence-corrected chi connectivity index (χ3v) is 3.15. The minimum absolute atomic E-state index is 0.523. The van der Waals surface area contributed by atoms with Crippen LogP contribution in [-0.2, 0) is 0 Å². The molecule has 2 rings (SSSR count). The lowest BCUT2D eigenvalue weighted by Crippen LogP contribution is -2.26. The molecule has 0 bridgehead atoms. The van der Waals surface area contributed by atoms with Gasteiger partial charge < -0.3 is 5.32 Å². The molecule has 5 heteroatoms. The van der Waals surface area contributed by atoms with Gasteiger partial charge in [0, 0.05) is 17.8 Å². The summed E-state index contributed by atoms with van der Waals surface area (Å²) in [6, 6.07) is 17.2. The number of para-hydroxylation sites is 1. The quantitative estimate of drug-likeness (QED) is 0.527. The molecule has 0 atom stereocenters. The number of rotatable bonds is 3. The third kappa shape index (κ3) is 4.33. The van der Waals surface area contributed by atoms with Gasteiger partial charge >= 0.3 is 0 Å². The fourth-order valence-corrected chi connectivity index (χ4v) is 1.88. The SMILES string of the molecule is CN(/N=C/c1cccc(Cl)c1)C(=S)Nc1ccccc1. The van der Waals surface area contributed by atoms with Crippen molar-refractivity contribution < 1.29 is 0 Å². The molecule has 0 aliphatic heterocycles. The lowest BCUT2D eigenvalue weighted by Gasteiger charge is -2.15. The van der Waals surface area contributed by atoms with Crippen molar-refractivity contribution in [2.45, 2.75) is 0 Å². The number of thiocarbonyl (C=S) groups is 1. The van der Waals surface area contributed by atoms with Crippen molar-refractivity contribution in [2.75, 3.05) is 12.4 Å². The minimum Gasteiger partial charge on any atom is -0.331 e. The van der Waals surface area contributed by atoms with Crippen LogP contribution in [0.15, 0.2) is 59.7 Å². The van der Waals surface area contributed by atoms with Gasteiger partial charge in [-0.15, -0.1) is 0 Å². The Morgan fingerprint density at radius 1 is 1.20 bits per heavy atom. The monoisotopic (exact) mass is 303 g/mol. The molecular weight excluding hydrogens is 290 g/mol. The summed E-state index contributed by atoms with van der Waals surface area (Å²) in [6.07, 6.45) is 1.71. The smallest absolute Gasteiger partial charge is 0.193 e. The largest absolute Gasteiger partial charge is 0.331 e. The molecule has 0 amide bonds. The molecule has 0 radical (unpaired) electrons. The Balaban J connectivity index is 1.97. The molecule has 2 aromatic rings. The number of nitrogens with zero attached hydrogens (tertiary/aromatic N) is 2. The van der Waals surface area contributed by atoms with E-state index in [0.717, 1.165) is 11.3 Å². The Morgan fingerprint density at radius 3 is 2.65 bits per heavy atom. The van der Waals surface area contributed by atoms with Gasteiger partial charge in [0.15, 0.2) is 5.11 Å². The standard InChI is InChI=1S/C15H14ClN3S/c1-19(15(20)18-14-8-3-2-4-9-14)17-11-12-6-5-7-13(16)10-12/h2-11H,1H3,(H,18,20)/b17-11+. The van der Waals surface area contributed by atoms with E-state index in [2.05, 4.69) is 10.4 Å². The van der Waals surface area contributed by atoms with Gasteiger partial charge in [0.05, 0.1) is 6.21 Å². The Bertz CT molecular complexity index is 614. The van der Waals surface area contributed by atoms with Gasteiger partial charge in [-0.05, 0) is 42.0 Å². The van der Waals surface area contributed by atoms with Crippen molar-refractivity contribution in [1.82, 2.24) is 5.01 Å². The van der Waals surface area contributed by atoms with Gasteiger partial charge in [-0.2, -0.15) is 5.10 Å². The average Bonchev–Trinajstić information content (AvgIpc) is 2.46. The van der Waals surface area contributed by atoms with Crippen molar-refractivity contribution in [2.24, 2.45) is 5.10 Å². The molecule has 0 fully saturated rings. The highest BCUT2D eigenvalue weighted by Crippen LogP contribution is 2.09. The first-order valence-electron chi connectivity index (χ1n) is 6.04. The molecule has 0 aliphatic carbocycles. The zero-order valence-electron chi connectivity index (χ0n) is 11.0. The van der Waals surface area contributed by atoms with E-state index in [4.69, 9.17) is 23.8 Å². The molecule has 0 spiro atoms. The van der Waals surface area contributed by atoms with Gasteiger partial charge in [-0.3, -0.25) is 0 Å². The van der Waals surface area contributed by atoms with E-state index in [1.807, 2.05) is 54.6 Å². The van der Waals surface area contributed by atoms with Crippen LogP contribution in [0, 0.1) is 0 Å². The molecule has 0 unspecified atom stereocenters. The van der Waals surface area contributed by atoms with Gasteiger partial charge in [-0.25, -0.2) is 5.01 Å². The third-order valence-electron chi connectivity index (χ3n) is 2.55. The van der Waals surface area contributed by atoms with Crippen molar-refractivity contribution in [1.29, 1.82) is 0 Å². The summed E-state index contributed by atoms with van der Waals surface area (Å²) < 4.78 is 0. The second-order valence-electron chi connectivity index (χ2n) is 4.12.